The van der Waals surface area contributed by atoms with Gasteiger partial charge in [-0.25, -0.2) is 9.98 Å². The normalized spacial score (nSPS) is 16.0. The zero-order chi connectivity index (χ0) is 13.2. The van der Waals surface area contributed by atoms with E-state index in [1.54, 1.807) is 19.2 Å². The van der Waals surface area contributed by atoms with E-state index in [9.17, 15) is 0 Å². The van der Waals surface area contributed by atoms with Gasteiger partial charge in [-0.15, -0.1) is 0 Å². The second-order valence-electron chi connectivity index (χ2n) is 3.82. The van der Waals surface area contributed by atoms with E-state index in [1.165, 1.54) is 0 Å². The summed E-state index contributed by atoms with van der Waals surface area (Å²) in [5.74, 6) is -0.870. The number of benzene rings is 1. The Labute approximate surface area is 114 Å². The van der Waals surface area contributed by atoms with Crippen molar-refractivity contribution < 1.29 is 9.84 Å². The van der Waals surface area contributed by atoms with Crippen molar-refractivity contribution >= 4 is 23.2 Å². The average Bonchev–Trinajstić information content (AvgIpc) is 2.69. The molecule has 0 unspecified atom stereocenters. The summed E-state index contributed by atoms with van der Waals surface area (Å²) < 4.78 is 5.29. The van der Waals surface area contributed by atoms with Gasteiger partial charge in [0, 0.05) is 0 Å². The maximum Gasteiger partial charge on any atom is 0.229 e. The van der Waals surface area contributed by atoms with Crippen LogP contribution in [0.1, 0.15) is 0 Å². The first kappa shape index (κ1) is 13.7. The Morgan fingerprint density at radius 1 is 1.28 bits per heavy atom. The van der Waals surface area contributed by atoms with Crippen LogP contribution in [0.2, 0.25) is 10.0 Å². The molecule has 7 heteroatoms. The van der Waals surface area contributed by atoms with Gasteiger partial charge in [-0.2, -0.15) is 0 Å². The van der Waals surface area contributed by atoms with Crippen LogP contribution in [0, 0.1) is 0 Å². The number of rotatable bonds is 5. The van der Waals surface area contributed by atoms with E-state index < -0.39 is 5.79 Å². The standard InChI is InChI=1S/C11H13Cl2N3O2/c1-14-11(6-18-3-2-17)15-9-4-7(12)8(13)5-10(9)16-11/h4-5,14,17H,2-3,6H2,1H3. The van der Waals surface area contributed by atoms with Gasteiger partial charge in [0.2, 0.25) is 5.79 Å². The first-order valence-electron chi connectivity index (χ1n) is 5.42. The number of nitrogens with one attached hydrogen (secondary N) is 1. The third kappa shape index (κ3) is 2.65. The Kier molecular flexibility index (Phi) is 4.19. The summed E-state index contributed by atoms with van der Waals surface area (Å²) >= 11 is 11.9. The Balaban J connectivity index is 2.34. The number of fused-ring (bicyclic) bond motifs is 1. The highest BCUT2D eigenvalue weighted by atomic mass is 35.5. The van der Waals surface area contributed by atoms with Crippen LogP contribution in [-0.4, -0.2) is 37.8 Å². The summed E-state index contributed by atoms with van der Waals surface area (Å²) in [4.78, 5) is 8.90. The molecule has 0 radical (unpaired) electrons. The van der Waals surface area contributed by atoms with Gasteiger partial charge < -0.3 is 9.84 Å². The highest BCUT2D eigenvalue weighted by molar-refractivity contribution is 6.41. The molecule has 2 rings (SSSR count). The molecule has 0 amide bonds. The second-order valence-corrected chi connectivity index (χ2v) is 4.64. The molecule has 1 heterocycles. The molecule has 5 nitrogen and oxygen atoms in total. The first-order chi connectivity index (χ1) is 8.60. The van der Waals surface area contributed by atoms with E-state index >= 15 is 0 Å². The van der Waals surface area contributed by atoms with Crippen LogP contribution in [0.4, 0.5) is 0 Å². The molecule has 18 heavy (non-hydrogen) atoms. The van der Waals surface area contributed by atoms with Gasteiger partial charge in [0.15, 0.2) is 0 Å². The van der Waals surface area contributed by atoms with Gasteiger partial charge in [0.1, 0.15) is 6.61 Å². The quantitative estimate of drug-likeness (QED) is 0.757. The molecule has 0 aromatic heterocycles. The van der Waals surface area contributed by atoms with Gasteiger partial charge >= 0.3 is 0 Å². The molecule has 2 N–H and O–H groups in total. The zero-order valence-corrected chi connectivity index (χ0v) is 11.3. The molecular formula is C11H13Cl2N3O2. The predicted octanol–water partition coefficient (Wildman–Crippen LogP) is 0.128. The number of hydrogen-bond donors (Lipinski definition) is 2. The minimum atomic E-state index is -0.870. The fourth-order valence-corrected chi connectivity index (χ4v) is 1.97. The number of hydrogen-bond acceptors (Lipinski definition) is 5. The zero-order valence-electron chi connectivity index (χ0n) is 9.78. The summed E-state index contributed by atoms with van der Waals surface area (Å²) in [7, 11) is 1.74. The molecule has 0 spiro atoms. The van der Waals surface area contributed by atoms with Crippen LogP contribution in [0.5, 0.6) is 0 Å². The average molecular weight is 290 g/mol. The third-order valence-corrected chi connectivity index (χ3v) is 3.29. The summed E-state index contributed by atoms with van der Waals surface area (Å²) in [5.41, 5.74) is 0. The van der Waals surface area contributed by atoms with Crippen molar-refractivity contribution in [1.29, 1.82) is 0 Å². The predicted molar refractivity (Wildman–Crippen MR) is 68.5 cm³/mol. The van der Waals surface area contributed by atoms with Crippen LogP contribution in [0.25, 0.3) is 0 Å². The molecule has 0 atom stereocenters. The SMILES string of the molecule is CNC1(COCCO)N=c2cc(Cl)c(Cl)cc2=N1. The maximum absolute atomic E-state index is 8.70. The number of likely N-dealkylation sites (N-methyl/N-ethyl adjacent to an activating group) is 1. The molecule has 0 saturated carbocycles. The van der Waals surface area contributed by atoms with Gasteiger partial charge in [-0.05, 0) is 19.2 Å². The fraction of sp³-hybridized carbons (Fsp3) is 0.455. The molecular weight excluding hydrogens is 277 g/mol. The number of aliphatic hydroxyl groups excluding tert-OH is 1. The van der Waals surface area contributed by atoms with Crippen molar-refractivity contribution in [3.05, 3.63) is 32.9 Å². The van der Waals surface area contributed by atoms with E-state index in [1.807, 2.05) is 0 Å². The van der Waals surface area contributed by atoms with Gasteiger partial charge in [-0.3, -0.25) is 5.32 Å². The Morgan fingerprint density at radius 2 is 1.83 bits per heavy atom. The van der Waals surface area contributed by atoms with Crippen LogP contribution in [-0.2, 0) is 4.74 Å². The van der Waals surface area contributed by atoms with E-state index in [-0.39, 0.29) is 19.8 Å². The molecule has 0 fully saturated rings. The van der Waals surface area contributed by atoms with Crippen molar-refractivity contribution in [3.63, 3.8) is 0 Å². The summed E-state index contributed by atoms with van der Waals surface area (Å²) in [6, 6.07) is 3.35. The maximum atomic E-state index is 8.70. The van der Waals surface area contributed by atoms with Gasteiger partial charge in [-0.1, -0.05) is 23.2 Å². The lowest BCUT2D eigenvalue weighted by molar-refractivity contribution is 0.0518. The topological polar surface area (TPSA) is 66.2 Å². The van der Waals surface area contributed by atoms with E-state index in [0.29, 0.717) is 20.8 Å². The van der Waals surface area contributed by atoms with Crippen molar-refractivity contribution in [2.24, 2.45) is 9.98 Å². The summed E-state index contributed by atoms with van der Waals surface area (Å²) in [5, 5.41) is 13.9. The largest absolute Gasteiger partial charge is 0.394 e. The highest BCUT2D eigenvalue weighted by Gasteiger charge is 2.29. The van der Waals surface area contributed by atoms with Crippen LogP contribution >= 0.6 is 23.2 Å². The molecule has 98 valence electrons. The Bertz CT molecular complexity index is 521. The molecule has 0 aliphatic carbocycles. The minimum absolute atomic E-state index is 0.0373. The Morgan fingerprint density at radius 3 is 2.28 bits per heavy atom. The van der Waals surface area contributed by atoms with Gasteiger partial charge in [0.05, 0.1) is 34.0 Å². The van der Waals surface area contributed by atoms with Crippen molar-refractivity contribution in [1.82, 2.24) is 5.32 Å². The molecule has 1 aromatic carbocycles. The number of aliphatic hydroxyl groups is 1. The number of ether oxygens (including phenoxy) is 1. The molecule has 1 aromatic rings. The van der Waals surface area contributed by atoms with E-state index in [4.69, 9.17) is 33.0 Å². The van der Waals surface area contributed by atoms with Crippen molar-refractivity contribution in [3.8, 4) is 0 Å². The summed E-state index contributed by atoms with van der Waals surface area (Å²) in [6.45, 7) is 0.435. The third-order valence-electron chi connectivity index (χ3n) is 2.57. The lowest BCUT2D eigenvalue weighted by Gasteiger charge is -2.21. The lowest BCUT2D eigenvalue weighted by atomic mass is 10.3. The van der Waals surface area contributed by atoms with Gasteiger partial charge in [0.25, 0.3) is 0 Å². The lowest BCUT2D eigenvalue weighted by Crippen LogP contribution is -2.43. The van der Waals surface area contributed by atoms with E-state index in [2.05, 4.69) is 15.3 Å². The molecule has 0 bridgehead atoms. The van der Waals surface area contributed by atoms with E-state index in [0.717, 1.165) is 0 Å². The summed E-state index contributed by atoms with van der Waals surface area (Å²) in [6.07, 6.45) is 0. The van der Waals surface area contributed by atoms with Crippen molar-refractivity contribution in [2.45, 2.75) is 5.79 Å². The number of halogens is 2. The molecule has 1 aliphatic rings. The smallest absolute Gasteiger partial charge is 0.229 e. The van der Waals surface area contributed by atoms with Crippen molar-refractivity contribution in [2.75, 3.05) is 26.9 Å². The van der Waals surface area contributed by atoms with Crippen LogP contribution < -0.4 is 16.0 Å². The first-order valence-corrected chi connectivity index (χ1v) is 6.18. The second kappa shape index (κ2) is 5.50. The van der Waals surface area contributed by atoms with Crippen LogP contribution in [0.15, 0.2) is 22.1 Å². The number of nitrogens with zero attached hydrogens (tertiary/aromatic N) is 2. The fourth-order valence-electron chi connectivity index (χ4n) is 1.66. The Hall–Kier alpha value is -0.720. The monoisotopic (exact) mass is 289 g/mol. The highest BCUT2D eigenvalue weighted by Crippen LogP contribution is 2.18. The molecule has 1 aliphatic heterocycles. The minimum Gasteiger partial charge on any atom is -0.394 e. The molecule has 0 saturated heterocycles. The van der Waals surface area contributed by atoms with Crippen LogP contribution in [0.3, 0.4) is 0 Å².